The lowest BCUT2D eigenvalue weighted by molar-refractivity contribution is -0.135. The highest BCUT2D eigenvalue weighted by Crippen LogP contribution is 2.25. The zero-order valence-electron chi connectivity index (χ0n) is 17.5. The lowest BCUT2D eigenvalue weighted by Gasteiger charge is -2.30. The molecule has 2 aromatic carbocycles. The number of nitrogens with one attached hydrogen (secondary N) is 1. The van der Waals surface area contributed by atoms with E-state index in [1.165, 1.54) is 11.1 Å². The average Bonchev–Trinajstić information content (AvgIpc) is 2.66. The molecule has 4 heteroatoms. The molecule has 1 N–H and O–H groups in total. The molecule has 0 aromatic heterocycles. The minimum atomic E-state index is -0.119. The Morgan fingerprint density at radius 2 is 1.68 bits per heavy atom. The fourth-order valence-corrected chi connectivity index (χ4v) is 3.51. The fourth-order valence-electron chi connectivity index (χ4n) is 3.51. The van der Waals surface area contributed by atoms with Gasteiger partial charge >= 0.3 is 0 Å². The van der Waals surface area contributed by atoms with Crippen molar-refractivity contribution in [3.8, 4) is 0 Å². The summed E-state index contributed by atoms with van der Waals surface area (Å²) >= 11 is 0. The Morgan fingerprint density at radius 3 is 2.29 bits per heavy atom. The molecule has 148 valence electrons. The van der Waals surface area contributed by atoms with E-state index in [4.69, 9.17) is 0 Å². The number of amides is 2. The predicted molar refractivity (Wildman–Crippen MR) is 113 cm³/mol. The molecule has 0 saturated heterocycles. The fraction of sp³-hybridized carbons (Fsp3) is 0.417. The molecule has 0 radical (unpaired) electrons. The van der Waals surface area contributed by atoms with Gasteiger partial charge in [-0.1, -0.05) is 52.8 Å². The number of carbonyl (C=O) groups excluding carboxylic acids is 2. The van der Waals surface area contributed by atoms with Gasteiger partial charge in [0.1, 0.15) is 0 Å². The molecule has 0 bridgehead atoms. The van der Waals surface area contributed by atoms with Crippen LogP contribution in [0.4, 0.5) is 5.69 Å². The number of fused-ring (bicyclic) bond motifs is 1. The minimum absolute atomic E-state index is 0.000468. The molecule has 1 aliphatic rings. The third-order valence-electron chi connectivity index (χ3n) is 5.30. The number of hydrogen-bond donors (Lipinski definition) is 1. The molecule has 0 atom stereocenters. The van der Waals surface area contributed by atoms with Gasteiger partial charge in [-0.05, 0) is 52.8 Å². The normalized spacial score (nSPS) is 14.0. The maximum Gasteiger partial charge on any atom is 0.255 e. The third-order valence-corrected chi connectivity index (χ3v) is 5.30. The van der Waals surface area contributed by atoms with Crippen molar-refractivity contribution in [2.24, 2.45) is 5.92 Å². The molecular weight excluding hydrogens is 348 g/mol. The quantitative estimate of drug-likeness (QED) is 0.836. The second kappa shape index (κ2) is 7.78. The molecule has 3 rings (SSSR count). The predicted octanol–water partition coefficient (Wildman–Crippen LogP) is 4.78. The van der Waals surface area contributed by atoms with Crippen LogP contribution in [0.25, 0.3) is 0 Å². The van der Waals surface area contributed by atoms with Gasteiger partial charge in [-0.3, -0.25) is 9.59 Å². The van der Waals surface area contributed by atoms with Gasteiger partial charge in [-0.25, -0.2) is 0 Å². The van der Waals surface area contributed by atoms with Gasteiger partial charge in [0.25, 0.3) is 5.91 Å². The van der Waals surface area contributed by atoms with Gasteiger partial charge in [-0.2, -0.15) is 0 Å². The maximum atomic E-state index is 12.6. The summed E-state index contributed by atoms with van der Waals surface area (Å²) in [6, 6.07) is 13.8. The summed E-state index contributed by atoms with van der Waals surface area (Å²) in [4.78, 5) is 26.8. The van der Waals surface area contributed by atoms with E-state index in [0.29, 0.717) is 12.1 Å². The molecule has 2 amide bonds. The standard InChI is InChI=1S/C24H30N2O2/c1-16(2)23(28)26-13-12-17-8-11-21(14-19(17)15-26)25-22(27)18-6-9-20(10-7-18)24(3,4)5/h6-11,14,16H,12-13,15H2,1-5H3,(H,25,27). The van der Waals surface area contributed by atoms with Crippen molar-refractivity contribution in [3.63, 3.8) is 0 Å². The number of hydrogen-bond acceptors (Lipinski definition) is 2. The SMILES string of the molecule is CC(C)C(=O)N1CCc2ccc(NC(=O)c3ccc(C(C)(C)C)cc3)cc2C1. The van der Waals surface area contributed by atoms with Crippen LogP contribution in [0.1, 0.15) is 61.7 Å². The van der Waals surface area contributed by atoms with Crippen LogP contribution in [0.3, 0.4) is 0 Å². The van der Waals surface area contributed by atoms with Gasteiger partial charge in [0, 0.05) is 30.3 Å². The van der Waals surface area contributed by atoms with Crippen LogP contribution in [0, 0.1) is 5.92 Å². The van der Waals surface area contributed by atoms with Crippen LogP contribution in [0.2, 0.25) is 0 Å². The number of benzene rings is 2. The topological polar surface area (TPSA) is 49.4 Å². The first-order chi connectivity index (χ1) is 13.1. The van der Waals surface area contributed by atoms with Crippen LogP contribution in [-0.2, 0) is 23.2 Å². The van der Waals surface area contributed by atoms with E-state index in [1.54, 1.807) is 0 Å². The molecule has 28 heavy (non-hydrogen) atoms. The summed E-state index contributed by atoms with van der Waals surface area (Å²) in [6.45, 7) is 11.7. The molecular formula is C24H30N2O2. The molecule has 0 aliphatic carbocycles. The first-order valence-corrected chi connectivity index (χ1v) is 9.97. The first-order valence-electron chi connectivity index (χ1n) is 9.97. The summed E-state index contributed by atoms with van der Waals surface area (Å²) in [6.07, 6.45) is 0.857. The van der Waals surface area contributed by atoms with Crippen molar-refractivity contribution < 1.29 is 9.59 Å². The van der Waals surface area contributed by atoms with Gasteiger partial charge < -0.3 is 10.2 Å². The van der Waals surface area contributed by atoms with E-state index in [0.717, 1.165) is 24.2 Å². The van der Waals surface area contributed by atoms with Crippen LogP contribution >= 0.6 is 0 Å². The summed E-state index contributed by atoms with van der Waals surface area (Å²) in [5.41, 5.74) is 5.03. The second-order valence-corrected chi connectivity index (χ2v) is 8.93. The lowest BCUT2D eigenvalue weighted by atomic mass is 9.86. The Hall–Kier alpha value is -2.62. The first kappa shape index (κ1) is 20.1. The Balaban J connectivity index is 1.73. The molecule has 0 saturated carbocycles. The monoisotopic (exact) mass is 378 g/mol. The number of anilines is 1. The van der Waals surface area contributed by atoms with E-state index in [2.05, 4.69) is 32.2 Å². The molecule has 2 aromatic rings. The van der Waals surface area contributed by atoms with Crippen LogP contribution < -0.4 is 5.32 Å². The Labute approximate surface area is 167 Å². The van der Waals surface area contributed by atoms with E-state index >= 15 is 0 Å². The smallest absolute Gasteiger partial charge is 0.255 e. The second-order valence-electron chi connectivity index (χ2n) is 8.93. The maximum absolute atomic E-state index is 12.6. The van der Waals surface area contributed by atoms with Crippen LogP contribution in [-0.4, -0.2) is 23.3 Å². The van der Waals surface area contributed by atoms with Crippen molar-refractivity contribution in [2.75, 3.05) is 11.9 Å². The van der Waals surface area contributed by atoms with Crippen molar-refractivity contribution in [1.29, 1.82) is 0 Å². The van der Waals surface area contributed by atoms with Crippen molar-refractivity contribution in [1.82, 2.24) is 4.90 Å². The Bertz CT molecular complexity index is 876. The van der Waals surface area contributed by atoms with Gasteiger partial charge in [-0.15, -0.1) is 0 Å². The van der Waals surface area contributed by atoms with Crippen molar-refractivity contribution in [2.45, 2.75) is 53.0 Å². The highest BCUT2D eigenvalue weighted by atomic mass is 16.2. The molecule has 0 spiro atoms. The molecule has 1 heterocycles. The Kier molecular flexibility index (Phi) is 5.59. The Morgan fingerprint density at radius 1 is 1.00 bits per heavy atom. The molecule has 4 nitrogen and oxygen atoms in total. The summed E-state index contributed by atoms with van der Waals surface area (Å²) in [7, 11) is 0. The van der Waals surface area contributed by atoms with Gasteiger partial charge in [0.15, 0.2) is 0 Å². The zero-order chi connectivity index (χ0) is 20.5. The highest BCUT2D eigenvalue weighted by molar-refractivity contribution is 6.04. The minimum Gasteiger partial charge on any atom is -0.338 e. The third kappa shape index (κ3) is 4.44. The van der Waals surface area contributed by atoms with Gasteiger partial charge in [0.05, 0.1) is 0 Å². The molecule has 0 fully saturated rings. The largest absolute Gasteiger partial charge is 0.338 e. The van der Waals surface area contributed by atoms with E-state index in [1.807, 2.05) is 55.1 Å². The molecule has 0 unspecified atom stereocenters. The lowest BCUT2D eigenvalue weighted by Crippen LogP contribution is -2.38. The molecule has 1 aliphatic heterocycles. The average molecular weight is 379 g/mol. The van der Waals surface area contributed by atoms with Crippen molar-refractivity contribution >= 4 is 17.5 Å². The van der Waals surface area contributed by atoms with Gasteiger partial charge in [0.2, 0.25) is 5.91 Å². The van der Waals surface area contributed by atoms with E-state index in [9.17, 15) is 9.59 Å². The summed E-state index contributed by atoms with van der Waals surface area (Å²) < 4.78 is 0. The van der Waals surface area contributed by atoms with Crippen LogP contribution in [0.15, 0.2) is 42.5 Å². The van der Waals surface area contributed by atoms with E-state index in [-0.39, 0.29) is 23.1 Å². The highest BCUT2D eigenvalue weighted by Gasteiger charge is 2.23. The summed E-state index contributed by atoms with van der Waals surface area (Å²) in [5, 5.41) is 2.99. The van der Waals surface area contributed by atoms with Crippen LogP contribution in [0.5, 0.6) is 0 Å². The van der Waals surface area contributed by atoms with Crippen molar-refractivity contribution in [3.05, 3.63) is 64.7 Å². The number of carbonyl (C=O) groups is 2. The number of nitrogens with zero attached hydrogens (tertiary/aromatic N) is 1. The van der Waals surface area contributed by atoms with E-state index < -0.39 is 0 Å². The number of rotatable bonds is 3. The summed E-state index contributed by atoms with van der Waals surface area (Å²) in [5.74, 6) is 0.0610. The zero-order valence-corrected chi connectivity index (χ0v) is 17.5.